The van der Waals surface area contributed by atoms with Crippen molar-refractivity contribution in [3.63, 3.8) is 0 Å². The smallest absolute Gasteiger partial charge is 0.341 e. The molecule has 0 bridgehead atoms. The van der Waals surface area contributed by atoms with E-state index in [0.29, 0.717) is 23.5 Å². The minimum Gasteiger partial charge on any atom is -0.482 e. The van der Waals surface area contributed by atoms with E-state index in [-0.39, 0.29) is 25.7 Å². The lowest BCUT2D eigenvalue weighted by Crippen LogP contribution is -2.51. The number of benzene rings is 1. The summed E-state index contributed by atoms with van der Waals surface area (Å²) in [6.07, 6.45) is 7.60. The molecule has 3 aliphatic rings. The number of aliphatic hydroxyl groups excluding tert-OH is 3. The van der Waals surface area contributed by atoms with E-state index in [1.54, 1.807) is 0 Å². The van der Waals surface area contributed by atoms with Gasteiger partial charge in [0.05, 0.1) is 18.8 Å². The fourth-order valence-electron chi connectivity index (χ4n) is 6.72. The minimum absolute atomic E-state index is 0.0323. The lowest BCUT2D eigenvalue weighted by Gasteiger charge is -2.38. The molecule has 1 saturated heterocycles. The van der Waals surface area contributed by atoms with Crippen LogP contribution in [0.15, 0.2) is 18.2 Å². The second-order valence-electron chi connectivity index (χ2n) is 11.1. The predicted octanol–water partition coefficient (Wildman–Crippen LogP) is 3.47. The zero-order valence-corrected chi connectivity index (χ0v) is 22.0. The predicted molar refractivity (Wildman–Crippen MR) is 137 cm³/mol. The first kappa shape index (κ1) is 28.3. The molecule has 4 N–H and O–H groups in total. The highest BCUT2D eigenvalue weighted by molar-refractivity contribution is 5.68. The van der Waals surface area contributed by atoms with Gasteiger partial charge in [-0.05, 0) is 60.6 Å². The number of fused-ring (bicyclic) bond motifs is 2. The average Bonchev–Trinajstić information content (AvgIpc) is 3.21. The number of carboxylic acids is 1. The van der Waals surface area contributed by atoms with E-state index >= 15 is 0 Å². The van der Waals surface area contributed by atoms with Gasteiger partial charge in [0.25, 0.3) is 0 Å². The molecule has 0 amide bonds. The molecule has 1 aliphatic heterocycles. The van der Waals surface area contributed by atoms with Crippen molar-refractivity contribution in [2.45, 2.75) is 108 Å². The summed E-state index contributed by atoms with van der Waals surface area (Å²) in [5.74, 6) is 0.878. The van der Waals surface area contributed by atoms with E-state index in [1.807, 2.05) is 12.1 Å². The lowest BCUT2D eigenvalue weighted by molar-refractivity contribution is -0.273. The number of rotatable bonds is 13. The van der Waals surface area contributed by atoms with Gasteiger partial charge in [0.1, 0.15) is 18.0 Å². The van der Waals surface area contributed by atoms with Crippen molar-refractivity contribution in [2.75, 3.05) is 13.2 Å². The molecule has 2 fully saturated rings. The van der Waals surface area contributed by atoms with Crippen LogP contribution >= 0.6 is 0 Å². The summed E-state index contributed by atoms with van der Waals surface area (Å²) in [4.78, 5) is 11.1. The molecule has 8 nitrogen and oxygen atoms in total. The first-order valence-electron chi connectivity index (χ1n) is 14.1. The van der Waals surface area contributed by atoms with Gasteiger partial charge in [-0.2, -0.15) is 0 Å². The second-order valence-corrected chi connectivity index (χ2v) is 11.1. The molecule has 5 unspecified atom stereocenters. The third-order valence-electron chi connectivity index (χ3n) is 8.60. The van der Waals surface area contributed by atoms with Gasteiger partial charge in [-0.3, -0.25) is 0 Å². The van der Waals surface area contributed by atoms with E-state index in [4.69, 9.17) is 19.3 Å². The maximum Gasteiger partial charge on any atom is 0.341 e. The third kappa shape index (κ3) is 7.03. The van der Waals surface area contributed by atoms with Crippen LogP contribution in [0.1, 0.15) is 75.8 Å². The van der Waals surface area contributed by atoms with Crippen LogP contribution in [0.2, 0.25) is 0 Å². The fourth-order valence-corrected chi connectivity index (χ4v) is 6.72. The highest BCUT2D eigenvalue weighted by Crippen LogP contribution is 2.50. The SMILES string of the molecule is CCCCCCCC[C@@H]1C(OC2CC(O)C(O)C(CO)O2)C[C@H]2Cc3c(cccc3OCC(=O)O)C[C@H]21. The Kier molecular flexibility index (Phi) is 10.2. The number of carboxylic acid groups (broad SMARTS) is 1. The maximum absolute atomic E-state index is 11.1. The molecule has 1 heterocycles. The number of aliphatic carboxylic acids is 1. The Morgan fingerprint density at radius 3 is 2.62 bits per heavy atom. The molecule has 0 radical (unpaired) electrons. The van der Waals surface area contributed by atoms with Crippen molar-refractivity contribution in [1.29, 1.82) is 0 Å². The van der Waals surface area contributed by atoms with E-state index in [2.05, 4.69) is 13.0 Å². The van der Waals surface area contributed by atoms with Crippen LogP contribution in [-0.2, 0) is 27.1 Å². The standard InChI is InChI=1S/C29H44O8/c1-2-3-4-5-6-7-10-20-21-12-18-9-8-11-24(35-17-27(32)33)22(18)13-19(21)14-25(20)36-28-15-23(31)29(34)26(16-30)37-28/h8-9,11,19-21,23,25-26,28-31,34H,2-7,10,12-17H2,1H3,(H,32,33)/t19-,20+,21-,23?,25?,26?,28?,29?/m1/s1. The molecular weight excluding hydrogens is 476 g/mol. The summed E-state index contributed by atoms with van der Waals surface area (Å²) >= 11 is 0. The molecule has 8 atom stereocenters. The Bertz CT molecular complexity index is 875. The second kappa shape index (κ2) is 13.4. The zero-order chi connectivity index (χ0) is 26.4. The largest absolute Gasteiger partial charge is 0.482 e. The Morgan fingerprint density at radius 1 is 1.08 bits per heavy atom. The van der Waals surface area contributed by atoms with Gasteiger partial charge in [0.15, 0.2) is 12.9 Å². The van der Waals surface area contributed by atoms with E-state index in [1.165, 1.54) is 37.7 Å². The van der Waals surface area contributed by atoms with Crippen LogP contribution in [0, 0.1) is 17.8 Å². The topological polar surface area (TPSA) is 126 Å². The van der Waals surface area contributed by atoms with E-state index in [9.17, 15) is 20.1 Å². The van der Waals surface area contributed by atoms with E-state index < -0.39 is 30.6 Å². The summed E-state index contributed by atoms with van der Waals surface area (Å²) in [7, 11) is 0. The zero-order valence-electron chi connectivity index (χ0n) is 22.0. The number of unbranched alkanes of at least 4 members (excludes halogenated alkanes) is 5. The van der Waals surface area contributed by atoms with Crippen molar-refractivity contribution in [3.05, 3.63) is 29.3 Å². The van der Waals surface area contributed by atoms with Gasteiger partial charge in [-0.25, -0.2) is 4.79 Å². The maximum atomic E-state index is 11.1. The number of aliphatic hydroxyl groups is 3. The van der Waals surface area contributed by atoms with Gasteiger partial charge in [0.2, 0.25) is 0 Å². The van der Waals surface area contributed by atoms with E-state index in [0.717, 1.165) is 37.7 Å². The van der Waals surface area contributed by atoms with Crippen molar-refractivity contribution in [1.82, 2.24) is 0 Å². The molecule has 8 heteroatoms. The Balaban J connectivity index is 1.46. The van der Waals surface area contributed by atoms with Gasteiger partial charge in [-0.15, -0.1) is 0 Å². The number of hydrogen-bond donors (Lipinski definition) is 4. The minimum atomic E-state index is -1.12. The first-order valence-corrected chi connectivity index (χ1v) is 14.1. The van der Waals surface area contributed by atoms with Gasteiger partial charge in [0, 0.05) is 6.42 Å². The van der Waals surface area contributed by atoms with Crippen molar-refractivity contribution in [2.24, 2.45) is 17.8 Å². The van der Waals surface area contributed by atoms with Crippen LogP contribution in [0.3, 0.4) is 0 Å². The van der Waals surface area contributed by atoms with Crippen molar-refractivity contribution < 1.29 is 39.4 Å². The highest BCUT2D eigenvalue weighted by Gasteiger charge is 2.48. The van der Waals surface area contributed by atoms with Crippen LogP contribution in [0.25, 0.3) is 0 Å². The molecule has 2 aliphatic carbocycles. The summed E-state index contributed by atoms with van der Waals surface area (Å²) < 4.78 is 17.9. The quantitative estimate of drug-likeness (QED) is 0.291. The van der Waals surface area contributed by atoms with Gasteiger partial charge in [-0.1, -0.05) is 57.6 Å². The first-order chi connectivity index (χ1) is 17.9. The highest BCUT2D eigenvalue weighted by atomic mass is 16.7. The van der Waals surface area contributed by atoms with Crippen molar-refractivity contribution in [3.8, 4) is 5.75 Å². The Hall–Kier alpha value is -1.71. The normalized spacial score (nSPS) is 33.1. The third-order valence-corrected chi connectivity index (χ3v) is 8.60. The number of ether oxygens (including phenoxy) is 3. The summed E-state index contributed by atoms with van der Waals surface area (Å²) in [6, 6.07) is 5.93. The Morgan fingerprint density at radius 2 is 1.86 bits per heavy atom. The molecule has 0 spiro atoms. The van der Waals surface area contributed by atoms with Crippen LogP contribution in [0.5, 0.6) is 5.75 Å². The van der Waals surface area contributed by atoms with Crippen molar-refractivity contribution >= 4 is 5.97 Å². The number of hydrogen-bond acceptors (Lipinski definition) is 7. The summed E-state index contributed by atoms with van der Waals surface area (Å²) in [5, 5.41) is 39.1. The van der Waals surface area contributed by atoms with Crippen LogP contribution in [0.4, 0.5) is 0 Å². The lowest BCUT2D eigenvalue weighted by atomic mass is 9.73. The summed E-state index contributed by atoms with van der Waals surface area (Å²) in [6.45, 7) is 1.50. The number of carbonyl (C=O) groups is 1. The van der Waals surface area contributed by atoms with Crippen LogP contribution in [-0.4, -0.2) is 70.3 Å². The Labute approximate surface area is 219 Å². The molecular formula is C29H44O8. The molecule has 0 aromatic heterocycles. The molecule has 1 aromatic carbocycles. The average molecular weight is 521 g/mol. The molecule has 37 heavy (non-hydrogen) atoms. The fraction of sp³-hybridized carbons (Fsp3) is 0.759. The molecule has 208 valence electrons. The van der Waals surface area contributed by atoms with Gasteiger partial charge < -0.3 is 34.6 Å². The monoisotopic (exact) mass is 520 g/mol. The van der Waals surface area contributed by atoms with Crippen LogP contribution < -0.4 is 4.74 Å². The summed E-state index contributed by atoms with van der Waals surface area (Å²) in [5.41, 5.74) is 2.34. The molecule has 4 rings (SSSR count). The van der Waals surface area contributed by atoms with Gasteiger partial charge >= 0.3 is 5.97 Å². The molecule has 1 aromatic rings. The molecule has 1 saturated carbocycles.